The molecule has 1 fully saturated rings. The summed E-state index contributed by atoms with van der Waals surface area (Å²) in [5.74, 6) is 0.430. The molecule has 0 bridgehead atoms. The van der Waals surface area contributed by atoms with Crippen molar-refractivity contribution in [2.45, 2.75) is 25.8 Å². The number of carbonyl (C=O) groups excluding carboxylic acids is 1. The van der Waals surface area contributed by atoms with Crippen LogP contribution in [0.2, 0.25) is 0 Å². The van der Waals surface area contributed by atoms with Gasteiger partial charge >= 0.3 is 0 Å². The standard InChI is InChI=1S/C12H16N2O2/c1-8(9-3-4-9)14(2)12(16)10-5-6-13-7-11(10)15/h5-9,15H,3-4H2,1-2H3. The van der Waals surface area contributed by atoms with E-state index in [0.29, 0.717) is 11.5 Å². The molecule has 0 aromatic carbocycles. The minimum absolute atomic E-state index is 0.0534. The molecule has 1 N–H and O–H groups in total. The fourth-order valence-electron chi connectivity index (χ4n) is 1.84. The predicted molar refractivity (Wildman–Crippen MR) is 60.2 cm³/mol. The van der Waals surface area contributed by atoms with Crippen LogP contribution in [0, 0.1) is 5.92 Å². The minimum atomic E-state index is -0.140. The van der Waals surface area contributed by atoms with Crippen molar-refractivity contribution in [2.75, 3.05) is 7.05 Å². The van der Waals surface area contributed by atoms with Gasteiger partial charge in [0.2, 0.25) is 0 Å². The van der Waals surface area contributed by atoms with Gasteiger partial charge in [-0.15, -0.1) is 0 Å². The summed E-state index contributed by atoms with van der Waals surface area (Å²) >= 11 is 0. The van der Waals surface area contributed by atoms with Crippen molar-refractivity contribution in [3.63, 3.8) is 0 Å². The predicted octanol–water partition coefficient (Wildman–Crippen LogP) is 1.66. The molecule has 0 saturated heterocycles. The van der Waals surface area contributed by atoms with Crippen LogP contribution in [0.4, 0.5) is 0 Å². The Morgan fingerprint density at radius 1 is 1.62 bits per heavy atom. The van der Waals surface area contributed by atoms with Gasteiger partial charge < -0.3 is 10.0 Å². The van der Waals surface area contributed by atoms with Gasteiger partial charge in [-0.1, -0.05) is 0 Å². The lowest BCUT2D eigenvalue weighted by Gasteiger charge is -2.25. The van der Waals surface area contributed by atoms with E-state index < -0.39 is 0 Å². The number of rotatable bonds is 3. The normalized spacial score (nSPS) is 16.9. The molecule has 1 aliphatic carbocycles. The number of pyridine rings is 1. The second-order valence-electron chi connectivity index (χ2n) is 4.39. The Morgan fingerprint density at radius 3 is 2.88 bits per heavy atom. The van der Waals surface area contributed by atoms with Crippen molar-refractivity contribution >= 4 is 5.91 Å². The molecular formula is C12H16N2O2. The second kappa shape index (κ2) is 4.12. The maximum Gasteiger partial charge on any atom is 0.257 e. The van der Waals surface area contributed by atoms with Crippen molar-refractivity contribution < 1.29 is 9.90 Å². The fourth-order valence-corrected chi connectivity index (χ4v) is 1.84. The zero-order valence-electron chi connectivity index (χ0n) is 9.55. The average Bonchev–Trinajstić information content (AvgIpc) is 3.11. The molecule has 1 heterocycles. The first-order valence-corrected chi connectivity index (χ1v) is 5.51. The van der Waals surface area contributed by atoms with E-state index in [0.717, 1.165) is 0 Å². The van der Waals surface area contributed by atoms with Gasteiger partial charge in [-0.25, -0.2) is 0 Å². The summed E-state index contributed by atoms with van der Waals surface area (Å²) in [4.78, 5) is 17.5. The monoisotopic (exact) mass is 220 g/mol. The van der Waals surface area contributed by atoms with E-state index in [1.165, 1.54) is 25.2 Å². The Labute approximate surface area is 94.9 Å². The lowest BCUT2D eigenvalue weighted by atomic mass is 10.1. The minimum Gasteiger partial charge on any atom is -0.505 e. The molecule has 1 unspecified atom stereocenters. The van der Waals surface area contributed by atoms with Gasteiger partial charge in [-0.3, -0.25) is 9.78 Å². The zero-order valence-corrected chi connectivity index (χ0v) is 9.55. The van der Waals surface area contributed by atoms with Crippen molar-refractivity contribution in [1.82, 2.24) is 9.88 Å². The maximum absolute atomic E-state index is 12.1. The summed E-state index contributed by atoms with van der Waals surface area (Å²) in [7, 11) is 1.78. The van der Waals surface area contributed by atoms with E-state index in [4.69, 9.17) is 0 Å². The molecule has 1 atom stereocenters. The molecule has 2 rings (SSSR count). The highest BCUT2D eigenvalue weighted by Gasteiger charge is 2.33. The van der Waals surface area contributed by atoms with Crippen LogP contribution in [0.1, 0.15) is 30.1 Å². The molecule has 86 valence electrons. The van der Waals surface area contributed by atoms with Gasteiger partial charge in [0.1, 0.15) is 5.75 Å². The van der Waals surface area contributed by atoms with E-state index in [-0.39, 0.29) is 17.7 Å². The molecule has 0 aliphatic heterocycles. The summed E-state index contributed by atoms with van der Waals surface area (Å²) in [6.07, 6.45) is 5.20. The van der Waals surface area contributed by atoms with Crippen LogP contribution in [-0.2, 0) is 0 Å². The third-order valence-corrected chi connectivity index (χ3v) is 3.27. The van der Waals surface area contributed by atoms with Crippen molar-refractivity contribution in [3.05, 3.63) is 24.0 Å². The summed E-state index contributed by atoms with van der Waals surface area (Å²) in [6.45, 7) is 2.05. The Kier molecular flexibility index (Phi) is 2.81. The van der Waals surface area contributed by atoms with Gasteiger partial charge in [0.05, 0.1) is 11.8 Å². The molecule has 1 aromatic rings. The van der Waals surface area contributed by atoms with Gasteiger partial charge in [0.15, 0.2) is 0 Å². The van der Waals surface area contributed by atoms with Crippen LogP contribution in [0.5, 0.6) is 5.75 Å². The van der Waals surface area contributed by atoms with Crippen LogP contribution in [-0.4, -0.2) is 34.0 Å². The third-order valence-electron chi connectivity index (χ3n) is 3.27. The topological polar surface area (TPSA) is 53.4 Å². The highest BCUT2D eigenvalue weighted by Crippen LogP contribution is 2.35. The van der Waals surface area contributed by atoms with Crippen LogP contribution in [0.25, 0.3) is 0 Å². The van der Waals surface area contributed by atoms with E-state index in [1.54, 1.807) is 18.0 Å². The largest absolute Gasteiger partial charge is 0.505 e. The molecule has 0 spiro atoms. The number of aromatic nitrogens is 1. The molecule has 1 aromatic heterocycles. The Bertz CT molecular complexity index is 402. The lowest BCUT2D eigenvalue weighted by molar-refractivity contribution is 0.0724. The van der Waals surface area contributed by atoms with Crippen molar-refractivity contribution in [2.24, 2.45) is 5.92 Å². The molecule has 1 aliphatic rings. The number of amides is 1. The van der Waals surface area contributed by atoms with Crippen LogP contribution >= 0.6 is 0 Å². The quantitative estimate of drug-likeness (QED) is 0.842. The van der Waals surface area contributed by atoms with E-state index in [2.05, 4.69) is 4.98 Å². The Hall–Kier alpha value is -1.58. The van der Waals surface area contributed by atoms with E-state index >= 15 is 0 Å². The van der Waals surface area contributed by atoms with E-state index in [9.17, 15) is 9.90 Å². The summed E-state index contributed by atoms with van der Waals surface area (Å²) < 4.78 is 0. The van der Waals surface area contributed by atoms with Gasteiger partial charge in [-0.05, 0) is 31.7 Å². The third kappa shape index (κ3) is 2.01. The maximum atomic E-state index is 12.1. The summed E-state index contributed by atoms with van der Waals surface area (Å²) in [6, 6.07) is 1.79. The van der Waals surface area contributed by atoms with Crippen molar-refractivity contribution in [3.8, 4) is 5.75 Å². The number of hydrogen-bond acceptors (Lipinski definition) is 3. The number of aromatic hydroxyl groups is 1. The first-order valence-electron chi connectivity index (χ1n) is 5.51. The molecule has 1 saturated carbocycles. The molecule has 1 amide bonds. The van der Waals surface area contributed by atoms with Gasteiger partial charge in [-0.2, -0.15) is 0 Å². The summed E-state index contributed by atoms with van der Waals surface area (Å²) in [5.41, 5.74) is 0.324. The SMILES string of the molecule is CC(C1CC1)N(C)C(=O)c1ccncc1O. The number of hydrogen-bond donors (Lipinski definition) is 1. The number of nitrogens with zero attached hydrogens (tertiary/aromatic N) is 2. The summed E-state index contributed by atoms with van der Waals surface area (Å²) in [5, 5.41) is 9.56. The lowest BCUT2D eigenvalue weighted by Crippen LogP contribution is -2.36. The molecule has 4 heteroatoms. The highest BCUT2D eigenvalue weighted by molar-refractivity contribution is 5.96. The molecule has 16 heavy (non-hydrogen) atoms. The molecule has 4 nitrogen and oxygen atoms in total. The molecule has 0 radical (unpaired) electrons. The molecular weight excluding hydrogens is 204 g/mol. The van der Waals surface area contributed by atoms with Crippen LogP contribution < -0.4 is 0 Å². The van der Waals surface area contributed by atoms with Crippen LogP contribution in [0.15, 0.2) is 18.5 Å². The Balaban J connectivity index is 2.15. The first kappa shape index (κ1) is 10.9. The first-order chi connectivity index (χ1) is 7.61. The zero-order chi connectivity index (χ0) is 11.7. The number of carbonyl (C=O) groups is 1. The van der Waals surface area contributed by atoms with Crippen LogP contribution in [0.3, 0.4) is 0 Å². The van der Waals surface area contributed by atoms with Gasteiger partial charge in [0.25, 0.3) is 5.91 Å². The smallest absolute Gasteiger partial charge is 0.257 e. The Morgan fingerprint density at radius 2 is 2.31 bits per heavy atom. The van der Waals surface area contributed by atoms with E-state index in [1.807, 2.05) is 6.92 Å². The fraction of sp³-hybridized carbons (Fsp3) is 0.500. The van der Waals surface area contributed by atoms with Crippen molar-refractivity contribution in [1.29, 1.82) is 0 Å². The second-order valence-corrected chi connectivity index (χ2v) is 4.39. The average molecular weight is 220 g/mol. The highest BCUT2D eigenvalue weighted by atomic mass is 16.3. The van der Waals surface area contributed by atoms with Gasteiger partial charge in [0, 0.05) is 19.3 Å².